The molecule has 0 radical (unpaired) electrons. The van der Waals surface area contributed by atoms with Gasteiger partial charge in [0.05, 0.1) is 6.04 Å². The number of amides is 2. The highest BCUT2D eigenvalue weighted by Gasteiger charge is 2.28. The van der Waals surface area contributed by atoms with E-state index in [0.717, 1.165) is 28.5 Å². The Hall–Kier alpha value is -2.08. The van der Waals surface area contributed by atoms with Gasteiger partial charge in [0.15, 0.2) is 0 Å². The van der Waals surface area contributed by atoms with Crippen molar-refractivity contribution in [2.24, 2.45) is 5.73 Å². The van der Waals surface area contributed by atoms with E-state index in [9.17, 15) is 9.59 Å². The molecule has 2 amide bonds. The number of nitrogens with two attached hydrogens (primary N) is 1. The molecule has 1 saturated heterocycles. The topological polar surface area (TPSA) is 72.6 Å². The summed E-state index contributed by atoms with van der Waals surface area (Å²) >= 11 is 1.44. The number of thiophene rings is 1. The van der Waals surface area contributed by atoms with E-state index >= 15 is 0 Å². The number of rotatable bonds is 3. The van der Waals surface area contributed by atoms with Gasteiger partial charge in [-0.05, 0) is 36.8 Å². The number of primary amides is 1. The van der Waals surface area contributed by atoms with Crippen LogP contribution in [0.5, 0.6) is 0 Å². The second-order valence-electron chi connectivity index (χ2n) is 5.48. The Morgan fingerprint density at radius 2 is 2.18 bits per heavy atom. The molecule has 116 valence electrons. The van der Waals surface area contributed by atoms with Crippen LogP contribution in [0.3, 0.4) is 0 Å². The summed E-state index contributed by atoms with van der Waals surface area (Å²) in [6.45, 7) is 2.77. The van der Waals surface area contributed by atoms with Crippen molar-refractivity contribution >= 4 is 33.4 Å². The number of fused-ring (bicyclic) bond motifs is 1. The van der Waals surface area contributed by atoms with Crippen LogP contribution in [0.1, 0.15) is 28.1 Å². The van der Waals surface area contributed by atoms with Crippen molar-refractivity contribution in [1.82, 2.24) is 4.90 Å². The zero-order chi connectivity index (χ0) is 15.7. The molecule has 6 heteroatoms. The van der Waals surface area contributed by atoms with E-state index in [1.165, 1.54) is 11.3 Å². The molecule has 2 heterocycles. The third-order valence-electron chi connectivity index (χ3n) is 4.10. The van der Waals surface area contributed by atoms with Crippen LogP contribution >= 0.6 is 11.3 Å². The van der Waals surface area contributed by atoms with Gasteiger partial charge in [0.2, 0.25) is 0 Å². The number of carbonyl (C=O) groups is 2. The molecule has 1 aliphatic heterocycles. The van der Waals surface area contributed by atoms with Crippen LogP contribution in [-0.4, -0.2) is 36.1 Å². The van der Waals surface area contributed by atoms with Gasteiger partial charge >= 0.3 is 12.0 Å². The van der Waals surface area contributed by atoms with Gasteiger partial charge in [-0.1, -0.05) is 18.2 Å². The fraction of sp³-hybridized carbons (Fsp3) is 0.375. The van der Waals surface area contributed by atoms with Gasteiger partial charge in [-0.3, -0.25) is 0 Å². The quantitative estimate of drug-likeness (QED) is 0.884. The van der Waals surface area contributed by atoms with Gasteiger partial charge < -0.3 is 15.4 Å². The Balaban J connectivity index is 1.71. The van der Waals surface area contributed by atoms with Crippen molar-refractivity contribution in [2.45, 2.75) is 25.8 Å². The number of urea groups is 1. The first kappa shape index (κ1) is 14.8. The fourth-order valence-electron chi connectivity index (χ4n) is 2.91. The van der Waals surface area contributed by atoms with Gasteiger partial charge in [-0.2, -0.15) is 0 Å². The minimum Gasteiger partial charge on any atom is -0.459 e. The average Bonchev–Trinajstić information content (AvgIpc) is 3.10. The SMILES string of the molecule is Cc1c(C(=O)OC[C@H]2CCCN2C(N)=O)sc2ccccc12. The molecule has 1 atom stereocenters. The third-order valence-corrected chi connectivity index (χ3v) is 5.35. The van der Waals surface area contributed by atoms with Gasteiger partial charge in [-0.25, -0.2) is 9.59 Å². The Bertz CT molecular complexity index is 725. The summed E-state index contributed by atoms with van der Waals surface area (Å²) < 4.78 is 6.50. The van der Waals surface area contributed by atoms with E-state index in [0.29, 0.717) is 11.4 Å². The highest BCUT2D eigenvalue weighted by Crippen LogP contribution is 2.31. The minimum absolute atomic E-state index is 0.101. The molecular formula is C16H18N2O3S. The fourth-order valence-corrected chi connectivity index (χ4v) is 4.01. The van der Waals surface area contributed by atoms with Crippen LogP contribution < -0.4 is 5.73 Å². The summed E-state index contributed by atoms with van der Waals surface area (Å²) in [5.74, 6) is -0.324. The lowest BCUT2D eigenvalue weighted by molar-refractivity contribution is 0.0427. The van der Waals surface area contributed by atoms with Crippen LogP contribution in [0.2, 0.25) is 0 Å². The number of carbonyl (C=O) groups excluding carboxylic acids is 2. The highest BCUT2D eigenvalue weighted by molar-refractivity contribution is 7.21. The largest absolute Gasteiger partial charge is 0.459 e. The zero-order valence-corrected chi connectivity index (χ0v) is 13.2. The van der Waals surface area contributed by atoms with Gasteiger partial charge in [0.1, 0.15) is 11.5 Å². The number of benzene rings is 1. The maximum absolute atomic E-state index is 12.3. The number of nitrogens with zero attached hydrogens (tertiary/aromatic N) is 1. The number of aryl methyl sites for hydroxylation is 1. The maximum Gasteiger partial charge on any atom is 0.348 e. The van der Waals surface area contributed by atoms with Crippen molar-refractivity contribution in [3.63, 3.8) is 0 Å². The molecule has 22 heavy (non-hydrogen) atoms. The van der Waals surface area contributed by atoms with Crippen LogP contribution in [0.15, 0.2) is 24.3 Å². The lowest BCUT2D eigenvalue weighted by atomic mass is 10.1. The predicted octanol–water partition coefficient (Wildman–Crippen LogP) is 2.91. The van der Waals surface area contributed by atoms with Crippen LogP contribution in [0, 0.1) is 6.92 Å². The minimum atomic E-state index is -0.448. The Labute approximate surface area is 132 Å². The molecule has 3 rings (SSSR count). The first-order valence-corrected chi connectivity index (χ1v) is 8.11. The number of esters is 1. The standard InChI is InChI=1S/C16H18N2O3S/c1-10-12-6-2-3-7-13(12)22-14(10)15(19)21-9-11-5-4-8-18(11)16(17)20/h2-3,6-7,11H,4-5,8-9H2,1H3,(H2,17,20)/t11-/m1/s1. The van der Waals surface area contributed by atoms with Crippen LogP contribution in [-0.2, 0) is 4.74 Å². The predicted molar refractivity (Wildman–Crippen MR) is 86.2 cm³/mol. The van der Waals surface area contributed by atoms with E-state index in [1.54, 1.807) is 4.90 Å². The molecule has 0 aliphatic carbocycles. The Morgan fingerprint density at radius 3 is 2.91 bits per heavy atom. The lowest BCUT2D eigenvalue weighted by Gasteiger charge is -2.22. The monoisotopic (exact) mass is 318 g/mol. The van der Waals surface area contributed by atoms with Crippen molar-refractivity contribution in [3.05, 3.63) is 34.7 Å². The summed E-state index contributed by atoms with van der Waals surface area (Å²) in [6, 6.07) is 7.36. The lowest BCUT2D eigenvalue weighted by Crippen LogP contribution is -2.41. The number of ether oxygens (including phenoxy) is 1. The maximum atomic E-state index is 12.3. The van der Waals surface area contributed by atoms with Crippen molar-refractivity contribution in [3.8, 4) is 0 Å². The highest BCUT2D eigenvalue weighted by atomic mass is 32.1. The second kappa shape index (κ2) is 5.96. The van der Waals surface area contributed by atoms with E-state index < -0.39 is 6.03 Å². The van der Waals surface area contributed by atoms with E-state index in [4.69, 9.17) is 10.5 Å². The molecule has 0 spiro atoms. The van der Waals surface area contributed by atoms with Crippen molar-refractivity contribution < 1.29 is 14.3 Å². The molecule has 1 aromatic heterocycles. The molecule has 0 bridgehead atoms. The van der Waals surface area contributed by atoms with Crippen LogP contribution in [0.4, 0.5) is 4.79 Å². The molecule has 5 nitrogen and oxygen atoms in total. The molecule has 1 fully saturated rings. The molecule has 1 aromatic carbocycles. The molecular weight excluding hydrogens is 300 g/mol. The van der Waals surface area contributed by atoms with Crippen LogP contribution in [0.25, 0.3) is 10.1 Å². The summed E-state index contributed by atoms with van der Waals surface area (Å²) in [5, 5.41) is 1.08. The smallest absolute Gasteiger partial charge is 0.348 e. The molecule has 2 aromatic rings. The van der Waals surface area contributed by atoms with Gasteiger partial charge in [0.25, 0.3) is 0 Å². The number of likely N-dealkylation sites (tertiary alicyclic amines) is 1. The van der Waals surface area contributed by atoms with Crippen molar-refractivity contribution in [1.29, 1.82) is 0 Å². The molecule has 1 aliphatic rings. The molecule has 0 saturated carbocycles. The molecule has 2 N–H and O–H groups in total. The molecule has 0 unspecified atom stereocenters. The van der Waals surface area contributed by atoms with Gasteiger partial charge in [-0.15, -0.1) is 11.3 Å². The van der Waals surface area contributed by atoms with Gasteiger partial charge in [0, 0.05) is 11.2 Å². The first-order valence-electron chi connectivity index (χ1n) is 7.29. The summed E-state index contributed by atoms with van der Waals surface area (Å²) in [6.07, 6.45) is 1.72. The Kier molecular flexibility index (Phi) is 4.02. The van der Waals surface area contributed by atoms with E-state index in [-0.39, 0.29) is 18.6 Å². The summed E-state index contributed by atoms with van der Waals surface area (Å²) in [5.41, 5.74) is 6.28. The number of hydrogen-bond acceptors (Lipinski definition) is 4. The van der Waals surface area contributed by atoms with Crippen molar-refractivity contribution in [2.75, 3.05) is 13.2 Å². The summed E-state index contributed by atoms with van der Waals surface area (Å²) in [7, 11) is 0. The third kappa shape index (κ3) is 2.66. The van der Waals surface area contributed by atoms with E-state index in [2.05, 4.69) is 0 Å². The second-order valence-corrected chi connectivity index (χ2v) is 6.53. The number of hydrogen-bond donors (Lipinski definition) is 1. The average molecular weight is 318 g/mol. The normalized spacial score (nSPS) is 17.9. The zero-order valence-electron chi connectivity index (χ0n) is 12.4. The first-order chi connectivity index (χ1) is 10.6. The summed E-state index contributed by atoms with van der Waals surface area (Å²) in [4.78, 5) is 25.8. The van der Waals surface area contributed by atoms with E-state index in [1.807, 2.05) is 31.2 Å². The Morgan fingerprint density at radius 1 is 1.41 bits per heavy atom.